The van der Waals surface area contributed by atoms with Gasteiger partial charge in [0.15, 0.2) is 0 Å². The standard InChI is InChI=1S/C16H23N3O/c1-16(2,3)15(20)19-7-6-18-10-13(19)8-11-4-5-12(17)9-14(11)18/h4-5,9,13H,6-8,10,17H2,1-3H3. The van der Waals surface area contributed by atoms with Gasteiger partial charge in [-0.25, -0.2) is 0 Å². The number of hydrogen-bond acceptors (Lipinski definition) is 3. The second-order valence-corrected chi connectivity index (χ2v) is 6.94. The van der Waals surface area contributed by atoms with Crippen LogP contribution in [-0.2, 0) is 11.2 Å². The third kappa shape index (κ3) is 2.13. The Bertz CT molecular complexity index is 547. The summed E-state index contributed by atoms with van der Waals surface area (Å²) in [5.74, 6) is 0.265. The summed E-state index contributed by atoms with van der Waals surface area (Å²) in [4.78, 5) is 17.0. The molecular formula is C16H23N3O. The molecule has 0 aliphatic carbocycles. The fourth-order valence-electron chi connectivity index (χ4n) is 3.25. The Morgan fingerprint density at radius 3 is 2.75 bits per heavy atom. The van der Waals surface area contributed by atoms with Crippen LogP contribution in [0.4, 0.5) is 11.4 Å². The minimum Gasteiger partial charge on any atom is -0.399 e. The van der Waals surface area contributed by atoms with Gasteiger partial charge < -0.3 is 15.5 Å². The van der Waals surface area contributed by atoms with Gasteiger partial charge in [-0.05, 0) is 24.1 Å². The lowest BCUT2D eigenvalue weighted by molar-refractivity contribution is -0.142. The zero-order chi connectivity index (χ0) is 14.5. The highest BCUT2D eigenvalue weighted by Crippen LogP contribution is 2.34. The molecule has 2 bridgehead atoms. The molecule has 2 aliphatic heterocycles. The lowest BCUT2D eigenvalue weighted by Gasteiger charge is -2.48. The van der Waals surface area contributed by atoms with Gasteiger partial charge in [0.2, 0.25) is 5.91 Å². The molecule has 1 aromatic rings. The largest absolute Gasteiger partial charge is 0.399 e. The van der Waals surface area contributed by atoms with Crippen molar-refractivity contribution in [1.82, 2.24) is 4.90 Å². The van der Waals surface area contributed by atoms with Crippen LogP contribution in [0.5, 0.6) is 0 Å². The van der Waals surface area contributed by atoms with Gasteiger partial charge >= 0.3 is 0 Å². The van der Waals surface area contributed by atoms with Crippen molar-refractivity contribution in [3.8, 4) is 0 Å². The number of piperazine rings is 1. The second-order valence-electron chi connectivity index (χ2n) is 6.94. The van der Waals surface area contributed by atoms with E-state index in [0.717, 1.165) is 31.7 Å². The van der Waals surface area contributed by atoms with Crippen LogP contribution in [0.2, 0.25) is 0 Å². The molecule has 1 unspecified atom stereocenters. The lowest BCUT2D eigenvalue weighted by Crippen LogP contribution is -2.60. The number of amides is 1. The quantitative estimate of drug-likeness (QED) is 0.734. The predicted molar refractivity (Wildman–Crippen MR) is 81.7 cm³/mol. The van der Waals surface area contributed by atoms with Crippen LogP contribution in [0.3, 0.4) is 0 Å². The summed E-state index contributed by atoms with van der Waals surface area (Å²) >= 11 is 0. The van der Waals surface area contributed by atoms with Gasteiger partial charge in [-0.3, -0.25) is 4.79 Å². The van der Waals surface area contributed by atoms with E-state index in [1.54, 1.807) is 0 Å². The molecule has 4 nitrogen and oxygen atoms in total. The summed E-state index contributed by atoms with van der Waals surface area (Å²) in [7, 11) is 0. The monoisotopic (exact) mass is 273 g/mol. The van der Waals surface area contributed by atoms with Crippen molar-refractivity contribution < 1.29 is 4.79 Å². The van der Waals surface area contributed by atoms with E-state index in [2.05, 4.69) is 21.9 Å². The summed E-state index contributed by atoms with van der Waals surface area (Å²) < 4.78 is 0. The molecule has 20 heavy (non-hydrogen) atoms. The molecule has 2 N–H and O–H groups in total. The maximum absolute atomic E-state index is 12.6. The number of anilines is 2. The molecule has 0 spiro atoms. The number of nitrogens with zero attached hydrogens (tertiary/aromatic N) is 2. The molecule has 3 rings (SSSR count). The fraction of sp³-hybridized carbons (Fsp3) is 0.562. The van der Waals surface area contributed by atoms with E-state index in [-0.39, 0.29) is 11.3 Å². The zero-order valence-corrected chi connectivity index (χ0v) is 12.5. The van der Waals surface area contributed by atoms with Crippen molar-refractivity contribution in [3.05, 3.63) is 23.8 Å². The van der Waals surface area contributed by atoms with Crippen LogP contribution >= 0.6 is 0 Å². The summed E-state index contributed by atoms with van der Waals surface area (Å²) in [6.45, 7) is 8.64. The number of nitrogens with two attached hydrogens (primary N) is 1. The average Bonchev–Trinajstić information content (AvgIpc) is 2.38. The summed E-state index contributed by atoms with van der Waals surface area (Å²) in [6.07, 6.45) is 0.938. The van der Waals surface area contributed by atoms with Crippen LogP contribution in [0.1, 0.15) is 26.3 Å². The zero-order valence-electron chi connectivity index (χ0n) is 12.5. The minimum atomic E-state index is -0.302. The third-order valence-electron chi connectivity index (χ3n) is 4.29. The molecule has 1 atom stereocenters. The van der Waals surface area contributed by atoms with E-state index in [0.29, 0.717) is 6.04 Å². The number of fused-ring (bicyclic) bond motifs is 4. The van der Waals surface area contributed by atoms with E-state index >= 15 is 0 Å². The first-order chi connectivity index (χ1) is 9.36. The molecule has 1 amide bonds. The van der Waals surface area contributed by atoms with Crippen molar-refractivity contribution in [2.45, 2.75) is 33.2 Å². The van der Waals surface area contributed by atoms with Gasteiger partial charge in [0.25, 0.3) is 0 Å². The number of rotatable bonds is 0. The average molecular weight is 273 g/mol. The Hall–Kier alpha value is -1.71. The summed E-state index contributed by atoms with van der Waals surface area (Å²) in [5.41, 5.74) is 8.97. The molecule has 2 aliphatic rings. The van der Waals surface area contributed by atoms with Crippen molar-refractivity contribution >= 4 is 17.3 Å². The van der Waals surface area contributed by atoms with Crippen LogP contribution < -0.4 is 10.6 Å². The highest BCUT2D eigenvalue weighted by molar-refractivity contribution is 5.82. The topological polar surface area (TPSA) is 49.6 Å². The molecule has 0 radical (unpaired) electrons. The highest BCUT2D eigenvalue weighted by atomic mass is 16.2. The second kappa shape index (κ2) is 4.40. The van der Waals surface area contributed by atoms with Crippen molar-refractivity contribution in [2.75, 3.05) is 30.3 Å². The smallest absolute Gasteiger partial charge is 0.228 e. The Balaban J connectivity index is 1.89. The normalized spacial score (nSPS) is 21.6. The first-order valence-electron chi connectivity index (χ1n) is 7.30. The van der Waals surface area contributed by atoms with E-state index < -0.39 is 0 Å². The SMILES string of the molecule is CC(C)(C)C(=O)N1CCN2CC1Cc1ccc(N)cc12. The molecule has 2 heterocycles. The lowest BCUT2D eigenvalue weighted by atomic mass is 9.89. The number of carbonyl (C=O) groups is 1. The third-order valence-corrected chi connectivity index (χ3v) is 4.29. The Kier molecular flexibility index (Phi) is 2.92. The van der Waals surface area contributed by atoms with Gasteiger partial charge in [-0.15, -0.1) is 0 Å². The van der Waals surface area contributed by atoms with Crippen molar-refractivity contribution in [2.24, 2.45) is 5.41 Å². The molecule has 0 aromatic heterocycles. The summed E-state index contributed by atoms with van der Waals surface area (Å²) in [5, 5.41) is 0. The molecule has 1 fully saturated rings. The molecule has 4 heteroatoms. The van der Waals surface area contributed by atoms with Gasteiger partial charge in [-0.2, -0.15) is 0 Å². The first-order valence-corrected chi connectivity index (χ1v) is 7.30. The number of benzene rings is 1. The van der Waals surface area contributed by atoms with Gasteiger partial charge in [0.05, 0.1) is 6.04 Å². The van der Waals surface area contributed by atoms with E-state index in [1.165, 1.54) is 11.3 Å². The van der Waals surface area contributed by atoms with Crippen LogP contribution in [0.25, 0.3) is 0 Å². The van der Waals surface area contributed by atoms with E-state index in [4.69, 9.17) is 5.73 Å². The predicted octanol–water partition coefficient (Wildman–Crippen LogP) is 1.89. The highest BCUT2D eigenvalue weighted by Gasteiger charge is 2.38. The summed E-state index contributed by atoms with van der Waals surface area (Å²) in [6, 6.07) is 6.42. The maximum Gasteiger partial charge on any atom is 0.228 e. The number of hydrogen-bond donors (Lipinski definition) is 1. The van der Waals surface area contributed by atoms with Crippen LogP contribution in [-0.4, -0.2) is 36.5 Å². The number of carbonyl (C=O) groups excluding carboxylic acids is 1. The van der Waals surface area contributed by atoms with Crippen molar-refractivity contribution in [3.63, 3.8) is 0 Å². The van der Waals surface area contributed by atoms with E-state index in [9.17, 15) is 4.79 Å². The first kappa shape index (κ1) is 13.3. The molecule has 1 aromatic carbocycles. The van der Waals surface area contributed by atoms with Crippen LogP contribution in [0.15, 0.2) is 18.2 Å². The maximum atomic E-state index is 12.6. The Morgan fingerprint density at radius 1 is 1.30 bits per heavy atom. The fourth-order valence-corrected chi connectivity index (χ4v) is 3.25. The van der Waals surface area contributed by atoms with Gasteiger partial charge in [0.1, 0.15) is 0 Å². The molecule has 1 saturated heterocycles. The van der Waals surface area contributed by atoms with E-state index in [1.807, 2.05) is 26.8 Å². The Morgan fingerprint density at radius 2 is 2.05 bits per heavy atom. The van der Waals surface area contributed by atoms with Crippen LogP contribution in [0, 0.1) is 5.41 Å². The van der Waals surface area contributed by atoms with Crippen molar-refractivity contribution in [1.29, 1.82) is 0 Å². The number of nitrogen functional groups attached to an aromatic ring is 1. The molecular weight excluding hydrogens is 250 g/mol. The molecule has 0 saturated carbocycles. The Labute approximate surface area is 120 Å². The van der Waals surface area contributed by atoms with Gasteiger partial charge in [0, 0.05) is 36.4 Å². The molecule has 108 valence electrons. The minimum absolute atomic E-state index is 0.265. The van der Waals surface area contributed by atoms with Gasteiger partial charge in [-0.1, -0.05) is 26.8 Å².